The minimum Gasteiger partial charge on any atom is -0.337 e. The van der Waals surface area contributed by atoms with Gasteiger partial charge in [0.25, 0.3) is 0 Å². The Hall–Kier alpha value is -0.930. The van der Waals surface area contributed by atoms with Crippen LogP contribution in [0, 0.1) is 5.92 Å². The summed E-state index contributed by atoms with van der Waals surface area (Å²) in [6.07, 6.45) is 5.88. The van der Waals surface area contributed by atoms with Crippen molar-refractivity contribution in [3.8, 4) is 0 Å². The van der Waals surface area contributed by atoms with E-state index in [1.807, 2.05) is 10.8 Å². The molecule has 1 heterocycles. The predicted molar refractivity (Wildman–Crippen MR) is 44.5 cm³/mol. The zero-order valence-corrected chi connectivity index (χ0v) is 7.29. The minimum absolute atomic E-state index is 0.0329. The van der Waals surface area contributed by atoms with Crippen LogP contribution in [0.15, 0.2) is 18.7 Å². The van der Waals surface area contributed by atoms with Crippen molar-refractivity contribution in [1.82, 2.24) is 9.55 Å². The molecule has 0 radical (unpaired) electrons. The second-order valence-corrected chi connectivity index (χ2v) is 3.72. The summed E-state index contributed by atoms with van der Waals surface area (Å²) in [6, 6.07) is 0. The van der Waals surface area contributed by atoms with Crippen molar-refractivity contribution < 1.29 is 8.78 Å². The van der Waals surface area contributed by atoms with E-state index in [1.54, 1.807) is 12.5 Å². The summed E-state index contributed by atoms with van der Waals surface area (Å²) in [5.41, 5.74) is 0. The fourth-order valence-electron chi connectivity index (χ4n) is 1.89. The third kappa shape index (κ3) is 2.05. The Morgan fingerprint density at radius 2 is 2.38 bits per heavy atom. The molecule has 1 aliphatic rings. The highest BCUT2D eigenvalue weighted by Gasteiger charge is 2.39. The number of rotatable bonds is 2. The monoisotopic (exact) mass is 186 g/mol. The standard InChI is InChI=1S/C9H12F2N2/c10-9(11)2-1-8(5-9)6-13-4-3-12-7-13/h3-4,7-8H,1-2,5-6H2/t8-/m0/s1. The van der Waals surface area contributed by atoms with Crippen molar-refractivity contribution in [1.29, 1.82) is 0 Å². The summed E-state index contributed by atoms with van der Waals surface area (Å²) in [5.74, 6) is -2.31. The molecule has 0 N–H and O–H groups in total. The van der Waals surface area contributed by atoms with Gasteiger partial charge in [-0.05, 0) is 12.3 Å². The highest BCUT2D eigenvalue weighted by atomic mass is 19.3. The molecule has 2 nitrogen and oxygen atoms in total. The first-order valence-corrected chi connectivity index (χ1v) is 4.49. The van der Waals surface area contributed by atoms with E-state index in [4.69, 9.17) is 0 Å². The van der Waals surface area contributed by atoms with E-state index >= 15 is 0 Å². The Morgan fingerprint density at radius 3 is 2.92 bits per heavy atom. The number of imidazole rings is 1. The molecule has 13 heavy (non-hydrogen) atoms. The van der Waals surface area contributed by atoms with Crippen molar-refractivity contribution in [2.45, 2.75) is 31.7 Å². The van der Waals surface area contributed by atoms with Crippen LogP contribution in [0.1, 0.15) is 19.3 Å². The highest BCUT2D eigenvalue weighted by molar-refractivity contribution is 4.83. The van der Waals surface area contributed by atoms with Crippen molar-refractivity contribution in [2.24, 2.45) is 5.92 Å². The molecule has 1 atom stereocenters. The molecular formula is C9H12F2N2. The molecule has 0 bridgehead atoms. The fourth-order valence-corrected chi connectivity index (χ4v) is 1.89. The lowest BCUT2D eigenvalue weighted by Crippen LogP contribution is -2.12. The second kappa shape index (κ2) is 3.09. The summed E-state index contributed by atoms with van der Waals surface area (Å²) in [5, 5.41) is 0. The summed E-state index contributed by atoms with van der Waals surface area (Å²) in [4.78, 5) is 3.88. The van der Waals surface area contributed by atoms with Crippen LogP contribution in [-0.2, 0) is 6.54 Å². The van der Waals surface area contributed by atoms with Gasteiger partial charge >= 0.3 is 0 Å². The molecule has 0 saturated heterocycles. The average Bonchev–Trinajstić information content (AvgIpc) is 2.61. The molecule has 1 aromatic heterocycles. The van der Waals surface area contributed by atoms with E-state index in [0.29, 0.717) is 13.0 Å². The van der Waals surface area contributed by atoms with Gasteiger partial charge in [-0.1, -0.05) is 0 Å². The Morgan fingerprint density at radius 1 is 1.54 bits per heavy atom. The summed E-state index contributed by atoms with van der Waals surface area (Å²) in [6.45, 7) is 0.676. The van der Waals surface area contributed by atoms with Gasteiger partial charge in [0.05, 0.1) is 6.33 Å². The summed E-state index contributed by atoms with van der Waals surface area (Å²) in [7, 11) is 0. The molecular weight excluding hydrogens is 174 g/mol. The molecule has 4 heteroatoms. The maximum atomic E-state index is 12.8. The Balaban J connectivity index is 1.91. The van der Waals surface area contributed by atoms with Crippen molar-refractivity contribution in [3.63, 3.8) is 0 Å². The summed E-state index contributed by atoms with van der Waals surface area (Å²) >= 11 is 0. The smallest absolute Gasteiger partial charge is 0.248 e. The van der Waals surface area contributed by atoms with Crippen molar-refractivity contribution in [2.75, 3.05) is 0 Å². The van der Waals surface area contributed by atoms with Gasteiger partial charge in [-0.15, -0.1) is 0 Å². The molecule has 0 spiro atoms. The van der Waals surface area contributed by atoms with Crippen LogP contribution in [0.4, 0.5) is 8.78 Å². The zero-order chi connectivity index (χ0) is 9.31. The third-order valence-corrected chi connectivity index (χ3v) is 2.53. The summed E-state index contributed by atoms with van der Waals surface area (Å²) < 4.78 is 27.5. The van der Waals surface area contributed by atoms with E-state index in [9.17, 15) is 8.78 Å². The quantitative estimate of drug-likeness (QED) is 0.693. The lowest BCUT2D eigenvalue weighted by Gasteiger charge is -2.10. The van der Waals surface area contributed by atoms with Crippen LogP contribution in [0.3, 0.4) is 0 Å². The lowest BCUT2D eigenvalue weighted by atomic mass is 10.1. The number of hydrogen-bond donors (Lipinski definition) is 0. The van der Waals surface area contributed by atoms with Crippen LogP contribution in [0.2, 0.25) is 0 Å². The second-order valence-electron chi connectivity index (χ2n) is 3.72. The van der Waals surface area contributed by atoms with Crippen LogP contribution >= 0.6 is 0 Å². The third-order valence-electron chi connectivity index (χ3n) is 2.53. The van der Waals surface area contributed by atoms with E-state index in [1.165, 1.54) is 0 Å². The van der Waals surface area contributed by atoms with Crippen molar-refractivity contribution in [3.05, 3.63) is 18.7 Å². The maximum absolute atomic E-state index is 12.8. The van der Waals surface area contributed by atoms with E-state index in [2.05, 4.69) is 4.98 Å². The minimum atomic E-state index is -2.43. The number of alkyl halides is 2. The molecule has 0 unspecified atom stereocenters. The molecule has 0 aliphatic heterocycles. The van der Waals surface area contributed by atoms with Crippen LogP contribution < -0.4 is 0 Å². The van der Waals surface area contributed by atoms with Gasteiger partial charge in [0.15, 0.2) is 0 Å². The topological polar surface area (TPSA) is 17.8 Å². The predicted octanol–water partition coefficient (Wildman–Crippen LogP) is 2.32. The maximum Gasteiger partial charge on any atom is 0.248 e. The van der Waals surface area contributed by atoms with E-state index in [0.717, 1.165) is 0 Å². The largest absolute Gasteiger partial charge is 0.337 e. The molecule has 72 valence electrons. The Bertz CT molecular complexity index is 269. The van der Waals surface area contributed by atoms with Gasteiger partial charge in [0.2, 0.25) is 5.92 Å². The number of aromatic nitrogens is 2. The first kappa shape index (κ1) is 8.66. The molecule has 2 rings (SSSR count). The highest BCUT2D eigenvalue weighted by Crippen LogP contribution is 2.39. The molecule has 1 aliphatic carbocycles. The van der Waals surface area contributed by atoms with Gasteiger partial charge in [0.1, 0.15) is 0 Å². The van der Waals surface area contributed by atoms with E-state index < -0.39 is 5.92 Å². The SMILES string of the molecule is FC1(F)CC[C@H](Cn2ccnc2)C1. The van der Waals surface area contributed by atoms with E-state index in [-0.39, 0.29) is 18.8 Å². The van der Waals surface area contributed by atoms with Crippen LogP contribution in [0.25, 0.3) is 0 Å². The first-order chi connectivity index (χ1) is 6.16. The molecule has 0 amide bonds. The molecule has 1 fully saturated rings. The van der Waals surface area contributed by atoms with Gasteiger partial charge < -0.3 is 4.57 Å². The van der Waals surface area contributed by atoms with Crippen molar-refractivity contribution >= 4 is 0 Å². The van der Waals surface area contributed by atoms with Gasteiger partial charge in [-0.2, -0.15) is 0 Å². The molecule has 1 aromatic rings. The first-order valence-electron chi connectivity index (χ1n) is 4.49. The normalized spacial score (nSPS) is 26.5. The molecule has 1 saturated carbocycles. The Kier molecular flexibility index (Phi) is 2.06. The molecule has 0 aromatic carbocycles. The lowest BCUT2D eigenvalue weighted by molar-refractivity contribution is 0.00436. The van der Waals surface area contributed by atoms with Gasteiger partial charge in [-0.25, -0.2) is 13.8 Å². The Labute approximate surface area is 75.6 Å². The average molecular weight is 186 g/mol. The number of hydrogen-bond acceptors (Lipinski definition) is 1. The van der Waals surface area contributed by atoms with Crippen LogP contribution in [-0.4, -0.2) is 15.5 Å². The fraction of sp³-hybridized carbons (Fsp3) is 0.667. The van der Waals surface area contributed by atoms with Crippen LogP contribution in [0.5, 0.6) is 0 Å². The van der Waals surface area contributed by atoms with Gasteiger partial charge in [-0.3, -0.25) is 0 Å². The number of halogens is 2. The van der Waals surface area contributed by atoms with Gasteiger partial charge in [0, 0.05) is 31.8 Å². The zero-order valence-electron chi connectivity index (χ0n) is 7.29. The number of nitrogens with zero attached hydrogens (tertiary/aromatic N) is 2.